The molecule has 3 unspecified atom stereocenters. The zero-order valence-corrected chi connectivity index (χ0v) is 27.1. The van der Waals surface area contributed by atoms with Crippen LogP contribution in [0.1, 0.15) is 100.0 Å². The van der Waals surface area contributed by atoms with Crippen LogP contribution in [0, 0.1) is 24.7 Å². The zero-order valence-electron chi connectivity index (χ0n) is 27.1. The molecule has 0 bridgehead atoms. The number of benzene rings is 1. The second kappa shape index (κ2) is 18.4. The van der Waals surface area contributed by atoms with Crippen LogP contribution >= 0.6 is 0 Å². The first-order chi connectivity index (χ1) is 19.6. The minimum absolute atomic E-state index is 0.230. The Kier molecular flexibility index (Phi) is 17.1. The van der Waals surface area contributed by atoms with Crippen molar-refractivity contribution < 1.29 is 20.4 Å². The number of aromatic nitrogens is 4. The lowest BCUT2D eigenvalue weighted by Gasteiger charge is -2.27. The van der Waals surface area contributed by atoms with Crippen LogP contribution < -0.4 is 0 Å². The van der Waals surface area contributed by atoms with E-state index in [0.29, 0.717) is 30.7 Å². The molecule has 0 amide bonds. The molecule has 2 aromatic rings. The average Bonchev–Trinajstić information content (AvgIpc) is 3.43. The van der Waals surface area contributed by atoms with E-state index in [0.717, 1.165) is 28.5 Å². The van der Waals surface area contributed by atoms with Crippen molar-refractivity contribution in [3.63, 3.8) is 0 Å². The molecule has 5 N–H and O–H groups in total. The largest absolute Gasteiger partial charge is 0.385 e. The van der Waals surface area contributed by atoms with Gasteiger partial charge in [-0.2, -0.15) is 5.21 Å². The third-order valence-corrected chi connectivity index (χ3v) is 7.13. The van der Waals surface area contributed by atoms with Crippen molar-refractivity contribution in [2.75, 3.05) is 0 Å². The van der Waals surface area contributed by atoms with Gasteiger partial charge in [-0.25, -0.2) is 0 Å². The van der Waals surface area contributed by atoms with Gasteiger partial charge < -0.3 is 20.4 Å². The van der Waals surface area contributed by atoms with Crippen LogP contribution in [0.25, 0.3) is 17.0 Å². The topological polar surface area (TPSA) is 135 Å². The third-order valence-electron chi connectivity index (χ3n) is 7.13. The Hall–Kier alpha value is -3.09. The number of terminal acetylenes is 1. The van der Waals surface area contributed by atoms with E-state index in [1.165, 1.54) is 13.3 Å². The molecule has 1 aromatic carbocycles. The standard InChI is InChI=1S/C23H30N4O4.C7H16.C2H6.C2H2/c1-21(28)14-16(18-8-4-5-9-19(18)20-24-26-27-25-20)10-11-17(15-21)22(2,29)12-6-7-13-23(3,30)31;1-5-7(4)6(2)3;2*1-2/h4-5,8-11,14-15,28-31H,6-7,12-13H2,1-3H3,(H,24,25,26,27);6-7H,5H2,1-4H3;1-2H3;1-2H. The molecule has 1 aliphatic rings. The first-order valence-electron chi connectivity index (χ1n) is 14.9. The Labute approximate surface area is 253 Å². The number of tetrazole rings is 1. The highest BCUT2D eigenvalue weighted by atomic mass is 16.5. The lowest BCUT2D eigenvalue weighted by Crippen LogP contribution is -2.29. The highest BCUT2D eigenvalue weighted by molar-refractivity contribution is 5.85. The first kappa shape index (κ1) is 38.9. The normalized spacial score (nSPS) is 18.4. The van der Waals surface area contributed by atoms with E-state index in [9.17, 15) is 20.4 Å². The van der Waals surface area contributed by atoms with Crippen molar-refractivity contribution in [3.8, 4) is 24.2 Å². The van der Waals surface area contributed by atoms with E-state index in [2.05, 4.69) is 61.2 Å². The summed E-state index contributed by atoms with van der Waals surface area (Å²) in [5.74, 6) is 0.515. The van der Waals surface area contributed by atoms with Crippen molar-refractivity contribution >= 4 is 5.57 Å². The van der Waals surface area contributed by atoms with Gasteiger partial charge in [-0.1, -0.05) is 90.8 Å². The van der Waals surface area contributed by atoms with Gasteiger partial charge in [-0.05, 0) is 79.5 Å². The van der Waals surface area contributed by atoms with Crippen molar-refractivity contribution in [2.45, 2.75) is 111 Å². The summed E-state index contributed by atoms with van der Waals surface area (Å²) in [6, 6.07) is 7.58. The molecule has 3 rings (SSSR count). The number of aliphatic hydroxyl groups is 4. The smallest absolute Gasteiger partial charge is 0.205 e. The van der Waals surface area contributed by atoms with Crippen molar-refractivity contribution in [2.24, 2.45) is 11.8 Å². The van der Waals surface area contributed by atoms with Gasteiger partial charge in [-0.3, -0.25) is 0 Å². The van der Waals surface area contributed by atoms with Crippen LogP contribution in [0.15, 0.2) is 54.1 Å². The van der Waals surface area contributed by atoms with Crippen LogP contribution in [0.5, 0.6) is 0 Å². The molecule has 0 fully saturated rings. The number of hydrogen-bond donors (Lipinski definition) is 5. The zero-order chi connectivity index (χ0) is 32.6. The molecule has 8 nitrogen and oxygen atoms in total. The maximum absolute atomic E-state index is 11.1. The summed E-state index contributed by atoms with van der Waals surface area (Å²) in [6.45, 7) is 17.8. The van der Waals surface area contributed by atoms with Gasteiger partial charge in [0.05, 0.1) is 11.2 Å². The molecule has 3 atom stereocenters. The lowest BCUT2D eigenvalue weighted by atomic mass is 9.87. The molecule has 234 valence electrons. The van der Waals surface area contributed by atoms with Gasteiger partial charge in [0.15, 0.2) is 5.79 Å². The molecule has 0 spiro atoms. The Morgan fingerprint density at radius 1 is 0.929 bits per heavy atom. The van der Waals surface area contributed by atoms with E-state index >= 15 is 0 Å². The highest BCUT2D eigenvalue weighted by Gasteiger charge is 2.29. The van der Waals surface area contributed by atoms with Crippen LogP contribution in [-0.2, 0) is 0 Å². The quantitative estimate of drug-likeness (QED) is 0.123. The molecule has 1 aliphatic carbocycles. The SMILES string of the molecule is C#C.CC.CC1(O)C=C(c2ccccc2-c2nn[nH]n2)C=CC(C(C)(O)CCCCC(C)(O)O)=C1.CCC(C)C(C)C. The number of aromatic amines is 1. The van der Waals surface area contributed by atoms with Crippen LogP contribution in [0.3, 0.4) is 0 Å². The van der Waals surface area contributed by atoms with E-state index < -0.39 is 17.0 Å². The van der Waals surface area contributed by atoms with Gasteiger partial charge >= 0.3 is 0 Å². The average molecular weight is 583 g/mol. The van der Waals surface area contributed by atoms with Gasteiger partial charge in [0.2, 0.25) is 5.82 Å². The van der Waals surface area contributed by atoms with E-state index in [1.807, 2.05) is 50.3 Å². The van der Waals surface area contributed by atoms with Crippen LogP contribution in [0.4, 0.5) is 0 Å². The minimum atomic E-state index is -1.71. The van der Waals surface area contributed by atoms with Crippen molar-refractivity contribution in [1.29, 1.82) is 0 Å². The number of unbranched alkanes of at least 4 members (excludes halogenated alkanes) is 1. The van der Waals surface area contributed by atoms with Gasteiger partial charge in [-0.15, -0.1) is 23.0 Å². The summed E-state index contributed by atoms with van der Waals surface area (Å²) in [5.41, 5.74) is 0.490. The summed E-state index contributed by atoms with van der Waals surface area (Å²) < 4.78 is 0. The van der Waals surface area contributed by atoms with E-state index in [4.69, 9.17) is 0 Å². The summed E-state index contributed by atoms with van der Waals surface area (Å²) in [7, 11) is 0. The Bertz CT molecular complexity index is 1140. The highest BCUT2D eigenvalue weighted by Crippen LogP contribution is 2.35. The number of allylic oxidation sites excluding steroid dienone is 2. The summed E-state index contributed by atoms with van der Waals surface area (Å²) in [4.78, 5) is 0. The number of hydrogen-bond acceptors (Lipinski definition) is 7. The van der Waals surface area contributed by atoms with Crippen molar-refractivity contribution in [1.82, 2.24) is 20.6 Å². The number of rotatable bonds is 10. The molecule has 0 saturated heterocycles. The fourth-order valence-corrected chi connectivity index (χ4v) is 4.20. The second-order valence-electron chi connectivity index (χ2n) is 11.4. The van der Waals surface area contributed by atoms with Crippen LogP contribution in [-0.4, -0.2) is 58.0 Å². The fraction of sp³-hybridized carbons (Fsp3) is 0.559. The minimum Gasteiger partial charge on any atom is -0.385 e. The molecule has 1 heterocycles. The summed E-state index contributed by atoms with van der Waals surface area (Å²) in [5, 5.41) is 55.2. The lowest BCUT2D eigenvalue weighted by molar-refractivity contribution is -0.150. The number of H-pyrrole nitrogens is 1. The number of nitrogens with zero attached hydrogens (tertiary/aromatic N) is 3. The second-order valence-corrected chi connectivity index (χ2v) is 11.4. The van der Waals surface area contributed by atoms with Crippen LogP contribution in [0.2, 0.25) is 0 Å². The molecule has 0 aliphatic heterocycles. The molecule has 0 saturated carbocycles. The van der Waals surface area contributed by atoms with E-state index in [-0.39, 0.29) is 6.42 Å². The van der Waals surface area contributed by atoms with Gasteiger partial charge in [0.25, 0.3) is 0 Å². The molecule has 42 heavy (non-hydrogen) atoms. The fourth-order valence-electron chi connectivity index (χ4n) is 4.20. The Balaban J connectivity index is 0.00000132. The Morgan fingerprint density at radius 3 is 1.98 bits per heavy atom. The van der Waals surface area contributed by atoms with Gasteiger partial charge in [0.1, 0.15) is 0 Å². The van der Waals surface area contributed by atoms with E-state index in [1.54, 1.807) is 26.0 Å². The maximum Gasteiger partial charge on any atom is 0.205 e. The molecule has 8 heteroatoms. The molecule has 0 radical (unpaired) electrons. The predicted molar refractivity (Wildman–Crippen MR) is 173 cm³/mol. The first-order valence-corrected chi connectivity index (χ1v) is 14.9. The maximum atomic E-state index is 11.1. The summed E-state index contributed by atoms with van der Waals surface area (Å²) in [6.07, 6.45) is 18.2. The molecular formula is C34H54N4O4. The Morgan fingerprint density at radius 2 is 1.50 bits per heavy atom. The third kappa shape index (κ3) is 13.7. The summed E-state index contributed by atoms with van der Waals surface area (Å²) >= 11 is 0. The number of nitrogens with one attached hydrogen (secondary N) is 1. The molecular weight excluding hydrogens is 528 g/mol. The van der Waals surface area contributed by atoms with Gasteiger partial charge in [0, 0.05) is 12.0 Å². The predicted octanol–water partition coefficient (Wildman–Crippen LogP) is 6.47. The monoisotopic (exact) mass is 582 g/mol. The van der Waals surface area contributed by atoms with Crippen molar-refractivity contribution in [3.05, 3.63) is 59.7 Å². The molecule has 1 aromatic heterocycles.